The van der Waals surface area contributed by atoms with Crippen molar-refractivity contribution in [3.05, 3.63) is 0 Å². The Labute approximate surface area is 74.0 Å². The molecule has 0 heterocycles. The number of rotatable bonds is 4. The SMILES string of the molecule is CCC(C)OOOC(=O)OC(=O)O. The first kappa shape index (κ1) is 11.7. The number of ether oxygens (including phenoxy) is 1. The third-order valence-corrected chi connectivity index (χ3v) is 1.05. The van der Waals surface area contributed by atoms with Gasteiger partial charge in [0.25, 0.3) is 0 Å². The first-order chi connectivity index (χ1) is 6.06. The summed E-state index contributed by atoms with van der Waals surface area (Å²) in [5.41, 5.74) is 0. The van der Waals surface area contributed by atoms with Gasteiger partial charge in [0.15, 0.2) is 0 Å². The zero-order chi connectivity index (χ0) is 10.3. The van der Waals surface area contributed by atoms with E-state index in [2.05, 4.69) is 19.6 Å². The van der Waals surface area contributed by atoms with Gasteiger partial charge >= 0.3 is 12.3 Å². The molecule has 0 aliphatic heterocycles. The zero-order valence-corrected chi connectivity index (χ0v) is 7.18. The van der Waals surface area contributed by atoms with Crippen molar-refractivity contribution in [1.29, 1.82) is 0 Å². The Bertz CT molecular complexity index is 178. The van der Waals surface area contributed by atoms with E-state index in [1.165, 1.54) is 0 Å². The summed E-state index contributed by atoms with van der Waals surface area (Å²) in [7, 11) is 0. The largest absolute Gasteiger partial charge is 0.553 e. The molecule has 1 unspecified atom stereocenters. The molecule has 7 heteroatoms. The Morgan fingerprint density at radius 1 is 1.46 bits per heavy atom. The molecule has 0 bridgehead atoms. The van der Waals surface area contributed by atoms with Crippen molar-refractivity contribution in [2.45, 2.75) is 26.4 Å². The lowest BCUT2D eigenvalue weighted by molar-refractivity contribution is -0.499. The molecule has 1 atom stereocenters. The van der Waals surface area contributed by atoms with Gasteiger partial charge in [-0.3, -0.25) is 0 Å². The van der Waals surface area contributed by atoms with Crippen molar-refractivity contribution < 1.29 is 34.2 Å². The molecule has 0 aromatic heterocycles. The molecule has 0 saturated heterocycles. The van der Waals surface area contributed by atoms with Crippen LogP contribution in [0.4, 0.5) is 9.59 Å². The van der Waals surface area contributed by atoms with Crippen LogP contribution in [0.5, 0.6) is 0 Å². The van der Waals surface area contributed by atoms with Gasteiger partial charge in [-0.25, -0.2) is 9.68 Å². The molecule has 13 heavy (non-hydrogen) atoms. The van der Waals surface area contributed by atoms with Crippen molar-refractivity contribution in [2.75, 3.05) is 0 Å². The second-order valence-corrected chi connectivity index (χ2v) is 2.08. The quantitative estimate of drug-likeness (QED) is 0.313. The maximum absolute atomic E-state index is 10.3. The molecule has 0 aliphatic carbocycles. The first-order valence-corrected chi connectivity index (χ1v) is 3.51. The molecule has 0 saturated carbocycles. The minimum absolute atomic E-state index is 0.266. The van der Waals surface area contributed by atoms with Crippen molar-refractivity contribution in [3.63, 3.8) is 0 Å². The summed E-state index contributed by atoms with van der Waals surface area (Å²) in [5, 5.41) is 11.8. The molecule has 0 spiro atoms. The van der Waals surface area contributed by atoms with Gasteiger partial charge in [0.1, 0.15) is 0 Å². The van der Waals surface area contributed by atoms with Crippen LogP contribution in [0, 0.1) is 0 Å². The van der Waals surface area contributed by atoms with Crippen LogP contribution in [-0.2, 0) is 19.6 Å². The molecular formula is C6H10O7. The molecule has 0 aromatic rings. The van der Waals surface area contributed by atoms with E-state index in [1.54, 1.807) is 6.92 Å². The Hall–Kier alpha value is -1.34. The minimum atomic E-state index is -1.78. The fourth-order valence-electron chi connectivity index (χ4n) is 0.271. The standard InChI is InChI=1S/C6H10O7/c1-3-4(2)11-13-12-6(9)10-5(7)8/h4H,3H2,1-2H3,(H,7,8). The third kappa shape index (κ3) is 7.04. The summed E-state index contributed by atoms with van der Waals surface area (Å²) in [6.07, 6.45) is -2.90. The molecule has 0 radical (unpaired) electrons. The lowest BCUT2D eigenvalue weighted by Gasteiger charge is -2.05. The van der Waals surface area contributed by atoms with Crippen molar-refractivity contribution >= 4 is 12.3 Å². The molecule has 0 aliphatic rings. The summed E-state index contributed by atoms with van der Waals surface area (Å²) in [6, 6.07) is 0. The van der Waals surface area contributed by atoms with E-state index in [-0.39, 0.29) is 6.10 Å². The number of carbonyl (C=O) groups excluding carboxylic acids is 1. The van der Waals surface area contributed by atoms with Gasteiger partial charge in [-0.2, -0.15) is 9.68 Å². The fraction of sp³-hybridized carbons (Fsp3) is 0.667. The summed E-state index contributed by atoms with van der Waals surface area (Å²) in [5.74, 6) is 0. The predicted octanol–water partition coefficient (Wildman–Crippen LogP) is 1.48. The Morgan fingerprint density at radius 2 is 2.08 bits per heavy atom. The van der Waals surface area contributed by atoms with Gasteiger partial charge in [-0.05, 0) is 18.4 Å². The van der Waals surface area contributed by atoms with Crippen LogP contribution in [0.1, 0.15) is 20.3 Å². The van der Waals surface area contributed by atoms with Crippen molar-refractivity contribution in [3.8, 4) is 0 Å². The molecule has 0 amide bonds. The third-order valence-electron chi connectivity index (χ3n) is 1.05. The molecule has 0 aromatic carbocycles. The maximum atomic E-state index is 10.3. The molecular weight excluding hydrogens is 184 g/mol. The zero-order valence-electron chi connectivity index (χ0n) is 7.18. The number of hydrogen-bond acceptors (Lipinski definition) is 6. The normalized spacial score (nSPS) is 11.8. The summed E-state index contributed by atoms with van der Waals surface area (Å²) in [4.78, 5) is 28.2. The van der Waals surface area contributed by atoms with Crippen molar-refractivity contribution in [2.24, 2.45) is 0 Å². The van der Waals surface area contributed by atoms with E-state index < -0.39 is 12.3 Å². The van der Waals surface area contributed by atoms with E-state index in [0.29, 0.717) is 6.42 Å². The highest BCUT2D eigenvalue weighted by atomic mass is 17.5. The second kappa shape index (κ2) is 6.21. The Kier molecular flexibility index (Phi) is 5.57. The lowest BCUT2D eigenvalue weighted by Crippen LogP contribution is -2.15. The highest BCUT2D eigenvalue weighted by Crippen LogP contribution is 1.97. The van der Waals surface area contributed by atoms with Crippen LogP contribution in [0.2, 0.25) is 0 Å². The van der Waals surface area contributed by atoms with Gasteiger partial charge < -0.3 is 9.84 Å². The summed E-state index contributed by atoms with van der Waals surface area (Å²) >= 11 is 0. The number of carboxylic acid groups (broad SMARTS) is 1. The van der Waals surface area contributed by atoms with E-state index >= 15 is 0 Å². The van der Waals surface area contributed by atoms with Crippen LogP contribution in [0.15, 0.2) is 0 Å². The molecule has 76 valence electrons. The monoisotopic (exact) mass is 194 g/mol. The van der Waals surface area contributed by atoms with E-state index in [0.717, 1.165) is 0 Å². The lowest BCUT2D eigenvalue weighted by atomic mass is 10.3. The minimum Gasteiger partial charge on any atom is -0.449 e. The smallest absolute Gasteiger partial charge is 0.449 e. The van der Waals surface area contributed by atoms with Gasteiger partial charge in [-0.1, -0.05) is 6.92 Å². The molecule has 0 fully saturated rings. The van der Waals surface area contributed by atoms with Crippen LogP contribution in [0.25, 0.3) is 0 Å². The Morgan fingerprint density at radius 3 is 2.54 bits per heavy atom. The Balaban J connectivity index is 3.42. The highest BCUT2D eigenvalue weighted by molar-refractivity contribution is 5.75. The van der Waals surface area contributed by atoms with Crippen LogP contribution < -0.4 is 0 Å². The van der Waals surface area contributed by atoms with Crippen LogP contribution in [-0.4, -0.2) is 23.5 Å². The average Bonchev–Trinajstić information content (AvgIpc) is 2.02. The summed E-state index contributed by atoms with van der Waals surface area (Å²) < 4.78 is 3.52. The number of carbonyl (C=O) groups is 2. The predicted molar refractivity (Wildman–Crippen MR) is 37.5 cm³/mol. The highest BCUT2D eigenvalue weighted by Gasteiger charge is 2.12. The number of hydrogen-bond donors (Lipinski definition) is 1. The van der Waals surface area contributed by atoms with Gasteiger partial charge in [0.2, 0.25) is 0 Å². The van der Waals surface area contributed by atoms with Gasteiger partial charge in [0.05, 0.1) is 6.10 Å². The molecule has 1 N–H and O–H groups in total. The van der Waals surface area contributed by atoms with Gasteiger partial charge in [-0.15, -0.1) is 0 Å². The van der Waals surface area contributed by atoms with E-state index in [9.17, 15) is 9.59 Å². The average molecular weight is 194 g/mol. The first-order valence-electron chi connectivity index (χ1n) is 3.51. The second-order valence-electron chi connectivity index (χ2n) is 2.08. The summed E-state index contributed by atoms with van der Waals surface area (Å²) in [6.45, 7) is 3.50. The van der Waals surface area contributed by atoms with Gasteiger partial charge in [0, 0.05) is 0 Å². The van der Waals surface area contributed by atoms with E-state index in [1.807, 2.05) is 6.92 Å². The van der Waals surface area contributed by atoms with Crippen LogP contribution >= 0.6 is 0 Å². The topological polar surface area (TPSA) is 91.3 Å². The van der Waals surface area contributed by atoms with Crippen molar-refractivity contribution in [1.82, 2.24) is 0 Å². The fourth-order valence-corrected chi connectivity index (χ4v) is 0.271. The van der Waals surface area contributed by atoms with E-state index in [4.69, 9.17) is 5.11 Å². The maximum Gasteiger partial charge on any atom is 0.553 e. The van der Waals surface area contributed by atoms with Crippen LogP contribution in [0.3, 0.4) is 0 Å². The molecule has 0 rings (SSSR count). The molecule has 7 nitrogen and oxygen atoms in total.